The number of nitrogens with two attached hydrogens (primary N) is 1. The Kier molecular flexibility index (Phi) is 6.81. The first kappa shape index (κ1) is 17.1. The maximum atomic E-state index is 13.5. The lowest BCUT2D eigenvalue weighted by atomic mass is 10.0. The normalized spacial score (nSPS) is 13.5. The van der Waals surface area contributed by atoms with Crippen LogP contribution in [0, 0.1) is 5.82 Å². The van der Waals surface area contributed by atoms with Crippen molar-refractivity contribution in [3.63, 3.8) is 0 Å². The minimum atomic E-state index is -1.21. The minimum absolute atomic E-state index is 0.117. The maximum absolute atomic E-state index is 13.5. The van der Waals surface area contributed by atoms with Crippen LogP contribution >= 0.6 is 0 Å². The summed E-state index contributed by atoms with van der Waals surface area (Å²) in [6.07, 6.45) is 2.07. The number of hydrogen-bond acceptors (Lipinski definition) is 3. The van der Waals surface area contributed by atoms with Gasteiger partial charge >= 0.3 is 5.97 Å². The van der Waals surface area contributed by atoms with Crippen molar-refractivity contribution in [2.24, 2.45) is 5.73 Å². The van der Waals surface area contributed by atoms with Crippen LogP contribution in [-0.2, 0) is 16.0 Å². The van der Waals surface area contributed by atoms with Gasteiger partial charge in [0.15, 0.2) is 0 Å². The number of carbonyl (C=O) groups excluding carboxylic acids is 1. The highest BCUT2D eigenvalue weighted by molar-refractivity contribution is 5.86. The first-order valence-electron chi connectivity index (χ1n) is 6.97. The summed E-state index contributed by atoms with van der Waals surface area (Å²) in [5.41, 5.74) is 5.94. The van der Waals surface area contributed by atoms with Crippen LogP contribution in [0.3, 0.4) is 0 Å². The Bertz CT molecular complexity index is 494. The average molecular weight is 296 g/mol. The van der Waals surface area contributed by atoms with Crippen LogP contribution in [-0.4, -0.2) is 29.1 Å². The van der Waals surface area contributed by atoms with Gasteiger partial charge in [-0.2, -0.15) is 0 Å². The molecule has 4 N–H and O–H groups in total. The third-order valence-corrected chi connectivity index (χ3v) is 3.20. The van der Waals surface area contributed by atoms with Gasteiger partial charge in [0.05, 0.1) is 6.04 Å². The zero-order valence-electron chi connectivity index (χ0n) is 12.0. The molecule has 0 aliphatic carbocycles. The quantitative estimate of drug-likeness (QED) is 0.677. The summed E-state index contributed by atoms with van der Waals surface area (Å²) in [6, 6.07) is 3.95. The number of unbranched alkanes of at least 4 members (excludes halogenated alkanes) is 1. The number of carboxylic acids is 1. The molecule has 0 heterocycles. The average Bonchev–Trinajstić information content (AvgIpc) is 2.45. The highest BCUT2D eigenvalue weighted by atomic mass is 19.1. The van der Waals surface area contributed by atoms with Crippen molar-refractivity contribution in [3.8, 4) is 0 Å². The van der Waals surface area contributed by atoms with E-state index in [4.69, 9.17) is 10.8 Å². The highest BCUT2D eigenvalue weighted by Crippen LogP contribution is 2.10. The molecular weight excluding hydrogens is 275 g/mol. The number of benzene rings is 1. The predicted molar refractivity (Wildman–Crippen MR) is 77.2 cm³/mol. The molecule has 0 radical (unpaired) electrons. The van der Waals surface area contributed by atoms with Gasteiger partial charge in [0, 0.05) is 6.42 Å². The summed E-state index contributed by atoms with van der Waals surface area (Å²) in [6.45, 7) is 1.98. The molecule has 0 bridgehead atoms. The first-order chi connectivity index (χ1) is 9.95. The third kappa shape index (κ3) is 5.51. The Labute approximate surface area is 123 Å². The van der Waals surface area contributed by atoms with Crippen molar-refractivity contribution in [1.82, 2.24) is 5.32 Å². The zero-order chi connectivity index (χ0) is 15.8. The van der Waals surface area contributed by atoms with Crippen molar-refractivity contribution in [1.29, 1.82) is 0 Å². The molecular formula is C15H21FN2O3. The standard InChI is InChI=1S/C15H21FN2O3/c1-2-3-8-12(17)14(19)18-13(15(20)21)9-10-6-4-5-7-11(10)16/h4-7,12-13H,2-3,8-9,17H2,1H3,(H,18,19)(H,20,21). The second-order valence-electron chi connectivity index (χ2n) is 4.94. The second-order valence-corrected chi connectivity index (χ2v) is 4.94. The van der Waals surface area contributed by atoms with Gasteiger partial charge in [0.1, 0.15) is 11.9 Å². The summed E-state index contributed by atoms with van der Waals surface area (Å²) in [5, 5.41) is 11.5. The SMILES string of the molecule is CCCCC(N)C(=O)NC(Cc1ccccc1F)C(=O)O. The predicted octanol–water partition coefficient (Wildman–Crippen LogP) is 1.46. The van der Waals surface area contributed by atoms with Gasteiger partial charge < -0.3 is 16.2 Å². The monoisotopic (exact) mass is 296 g/mol. The molecule has 0 aliphatic heterocycles. The van der Waals surface area contributed by atoms with E-state index in [1.165, 1.54) is 18.2 Å². The Balaban J connectivity index is 2.68. The number of rotatable bonds is 8. The molecule has 1 aromatic carbocycles. The highest BCUT2D eigenvalue weighted by Gasteiger charge is 2.24. The molecule has 2 atom stereocenters. The second kappa shape index (κ2) is 8.36. The number of nitrogens with one attached hydrogen (secondary N) is 1. The Hall–Kier alpha value is -1.95. The smallest absolute Gasteiger partial charge is 0.326 e. The van der Waals surface area contributed by atoms with Gasteiger partial charge in [-0.3, -0.25) is 4.79 Å². The molecule has 1 amide bonds. The molecule has 0 saturated carbocycles. The lowest BCUT2D eigenvalue weighted by molar-refractivity contribution is -0.142. The molecule has 0 aromatic heterocycles. The molecule has 2 unspecified atom stereocenters. The van der Waals surface area contributed by atoms with E-state index in [0.717, 1.165) is 12.8 Å². The summed E-state index contributed by atoms with van der Waals surface area (Å²) < 4.78 is 13.5. The van der Waals surface area contributed by atoms with Crippen molar-refractivity contribution < 1.29 is 19.1 Å². The van der Waals surface area contributed by atoms with Crippen molar-refractivity contribution in [3.05, 3.63) is 35.6 Å². The van der Waals surface area contributed by atoms with Gasteiger partial charge in [-0.15, -0.1) is 0 Å². The minimum Gasteiger partial charge on any atom is -0.480 e. The van der Waals surface area contributed by atoms with Gasteiger partial charge in [-0.25, -0.2) is 9.18 Å². The lowest BCUT2D eigenvalue weighted by Crippen LogP contribution is -2.49. The van der Waals surface area contributed by atoms with E-state index < -0.39 is 29.8 Å². The van der Waals surface area contributed by atoms with Crippen LogP contribution in [0.1, 0.15) is 31.7 Å². The van der Waals surface area contributed by atoms with Gasteiger partial charge in [0.25, 0.3) is 0 Å². The van der Waals surface area contributed by atoms with Crippen LogP contribution in [0.15, 0.2) is 24.3 Å². The van der Waals surface area contributed by atoms with E-state index in [1.54, 1.807) is 6.07 Å². The van der Waals surface area contributed by atoms with Gasteiger partial charge in [-0.1, -0.05) is 38.0 Å². The van der Waals surface area contributed by atoms with Gasteiger partial charge in [-0.05, 0) is 18.1 Å². The molecule has 0 aliphatic rings. The number of hydrogen-bond donors (Lipinski definition) is 3. The van der Waals surface area contributed by atoms with E-state index in [0.29, 0.717) is 6.42 Å². The summed E-state index contributed by atoms with van der Waals surface area (Å²) in [4.78, 5) is 23.1. The maximum Gasteiger partial charge on any atom is 0.326 e. The lowest BCUT2D eigenvalue weighted by Gasteiger charge is -2.18. The molecule has 5 nitrogen and oxygen atoms in total. The Morgan fingerprint density at radius 1 is 1.38 bits per heavy atom. The van der Waals surface area contributed by atoms with E-state index >= 15 is 0 Å². The summed E-state index contributed by atoms with van der Waals surface area (Å²) >= 11 is 0. The van der Waals surface area contributed by atoms with E-state index in [1.807, 2.05) is 6.92 Å². The molecule has 0 saturated heterocycles. The van der Waals surface area contributed by atoms with E-state index in [-0.39, 0.29) is 12.0 Å². The molecule has 1 aromatic rings. The topological polar surface area (TPSA) is 92.4 Å². The molecule has 116 valence electrons. The molecule has 0 spiro atoms. The van der Waals surface area contributed by atoms with Crippen LogP contribution in [0.5, 0.6) is 0 Å². The number of carbonyl (C=O) groups is 2. The van der Waals surface area contributed by atoms with Crippen LogP contribution in [0.2, 0.25) is 0 Å². The fourth-order valence-corrected chi connectivity index (χ4v) is 1.92. The number of amides is 1. The molecule has 6 heteroatoms. The summed E-state index contributed by atoms with van der Waals surface area (Å²) in [5.74, 6) is -2.23. The Morgan fingerprint density at radius 2 is 2.05 bits per heavy atom. The first-order valence-corrected chi connectivity index (χ1v) is 6.97. The fourth-order valence-electron chi connectivity index (χ4n) is 1.92. The van der Waals surface area contributed by atoms with E-state index in [9.17, 15) is 14.0 Å². The Morgan fingerprint density at radius 3 is 2.62 bits per heavy atom. The molecule has 1 rings (SSSR count). The van der Waals surface area contributed by atoms with Gasteiger partial charge in [0.2, 0.25) is 5.91 Å². The number of carboxylic acid groups (broad SMARTS) is 1. The van der Waals surface area contributed by atoms with Crippen LogP contribution in [0.4, 0.5) is 4.39 Å². The third-order valence-electron chi connectivity index (χ3n) is 3.20. The van der Waals surface area contributed by atoms with Crippen molar-refractivity contribution in [2.45, 2.75) is 44.7 Å². The van der Waals surface area contributed by atoms with Crippen LogP contribution < -0.4 is 11.1 Å². The van der Waals surface area contributed by atoms with E-state index in [2.05, 4.69) is 5.32 Å². The molecule has 0 fully saturated rings. The number of aliphatic carboxylic acids is 1. The summed E-state index contributed by atoms with van der Waals surface area (Å²) in [7, 11) is 0. The zero-order valence-corrected chi connectivity index (χ0v) is 12.0. The molecule has 21 heavy (non-hydrogen) atoms. The number of halogens is 1. The largest absolute Gasteiger partial charge is 0.480 e. The van der Waals surface area contributed by atoms with Crippen LogP contribution in [0.25, 0.3) is 0 Å². The van der Waals surface area contributed by atoms with Crippen molar-refractivity contribution in [2.75, 3.05) is 0 Å². The van der Waals surface area contributed by atoms with Crippen molar-refractivity contribution >= 4 is 11.9 Å². The fraction of sp³-hybridized carbons (Fsp3) is 0.467.